The molecule has 2 aromatic carbocycles. The molecule has 0 bridgehead atoms. The zero-order chi connectivity index (χ0) is 21.9. The number of fused-ring (bicyclic) bond motifs is 4. The first-order valence-corrected chi connectivity index (χ1v) is 9.38. The molecule has 0 spiro atoms. The highest BCUT2D eigenvalue weighted by molar-refractivity contribution is 6.14. The van der Waals surface area contributed by atoms with E-state index in [4.69, 9.17) is 9.68 Å². The van der Waals surface area contributed by atoms with E-state index < -0.39 is 16.9 Å². The number of nitrogens with zero attached hydrogens (tertiary/aromatic N) is 4. The predicted molar refractivity (Wildman–Crippen MR) is 116 cm³/mol. The zero-order valence-electron chi connectivity index (χ0n) is 16.5. The molecule has 31 heavy (non-hydrogen) atoms. The molecule has 0 aliphatic heterocycles. The van der Waals surface area contributed by atoms with Gasteiger partial charge in [-0.25, -0.2) is 14.6 Å². The van der Waals surface area contributed by atoms with Crippen molar-refractivity contribution in [3.63, 3.8) is 0 Å². The normalized spacial score (nSPS) is 11.3. The first-order chi connectivity index (χ1) is 14.9. The van der Waals surface area contributed by atoms with Crippen LogP contribution in [0.5, 0.6) is 0 Å². The standard InChI is InChI=1S/C23H14N4O4/c1-26-20-18(21(28)27(2)23(26)30)16(13-9-7-12(11-24)8-10-13)17-19(25-20)14-5-3-4-6-15(14)31-22(17)29/h3-10H,1-2H3. The van der Waals surface area contributed by atoms with E-state index in [1.54, 1.807) is 48.5 Å². The molecule has 0 amide bonds. The maximum atomic E-state index is 13.2. The Balaban J connectivity index is 2.16. The Hall–Kier alpha value is -4.51. The third-order valence-corrected chi connectivity index (χ3v) is 5.44. The Labute approximate surface area is 173 Å². The molecule has 150 valence electrons. The highest BCUT2D eigenvalue weighted by Crippen LogP contribution is 2.34. The number of nitriles is 1. The van der Waals surface area contributed by atoms with Crippen molar-refractivity contribution in [2.75, 3.05) is 0 Å². The fraction of sp³-hybridized carbons (Fsp3) is 0.0870. The third kappa shape index (κ3) is 2.53. The van der Waals surface area contributed by atoms with Crippen LogP contribution in [0.1, 0.15) is 5.56 Å². The molecule has 0 radical (unpaired) electrons. The van der Waals surface area contributed by atoms with Crippen molar-refractivity contribution in [3.05, 3.63) is 85.4 Å². The Morgan fingerprint density at radius 2 is 1.65 bits per heavy atom. The van der Waals surface area contributed by atoms with Gasteiger partial charge in [-0.1, -0.05) is 24.3 Å². The summed E-state index contributed by atoms with van der Waals surface area (Å²) in [6, 6.07) is 15.5. The minimum Gasteiger partial charge on any atom is -0.422 e. The summed E-state index contributed by atoms with van der Waals surface area (Å²) in [4.78, 5) is 43.4. The molecule has 0 aliphatic rings. The van der Waals surface area contributed by atoms with Gasteiger partial charge >= 0.3 is 11.3 Å². The van der Waals surface area contributed by atoms with Crippen LogP contribution in [0.15, 0.2) is 67.3 Å². The first kappa shape index (κ1) is 18.5. The van der Waals surface area contributed by atoms with Gasteiger partial charge in [0.1, 0.15) is 5.58 Å². The van der Waals surface area contributed by atoms with E-state index in [0.29, 0.717) is 33.2 Å². The van der Waals surface area contributed by atoms with Gasteiger partial charge in [0, 0.05) is 25.0 Å². The summed E-state index contributed by atoms with van der Waals surface area (Å²) in [5, 5.41) is 10.00. The van der Waals surface area contributed by atoms with Crippen LogP contribution in [-0.4, -0.2) is 14.1 Å². The second-order valence-corrected chi connectivity index (χ2v) is 7.19. The quantitative estimate of drug-likeness (QED) is 0.238. The molecular formula is C23H14N4O4. The van der Waals surface area contributed by atoms with Crippen LogP contribution in [0.4, 0.5) is 0 Å². The van der Waals surface area contributed by atoms with E-state index in [1.807, 2.05) is 6.07 Å². The van der Waals surface area contributed by atoms with Gasteiger partial charge in [0.2, 0.25) is 0 Å². The van der Waals surface area contributed by atoms with E-state index in [9.17, 15) is 14.4 Å². The first-order valence-electron chi connectivity index (χ1n) is 9.38. The van der Waals surface area contributed by atoms with Crippen LogP contribution in [0.25, 0.3) is 44.0 Å². The number of para-hydroxylation sites is 1. The highest BCUT2D eigenvalue weighted by atomic mass is 16.4. The average Bonchev–Trinajstić information content (AvgIpc) is 2.80. The van der Waals surface area contributed by atoms with Crippen molar-refractivity contribution in [3.8, 4) is 17.2 Å². The number of hydrogen-bond donors (Lipinski definition) is 0. The van der Waals surface area contributed by atoms with Gasteiger partial charge in [0.25, 0.3) is 5.56 Å². The summed E-state index contributed by atoms with van der Waals surface area (Å²) in [6.45, 7) is 0. The van der Waals surface area contributed by atoms with Crippen LogP contribution in [0.2, 0.25) is 0 Å². The number of pyridine rings is 1. The predicted octanol–water partition coefficient (Wildman–Crippen LogP) is 2.43. The highest BCUT2D eigenvalue weighted by Gasteiger charge is 2.22. The molecule has 0 saturated carbocycles. The summed E-state index contributed by atoms with van der Waals surface area (Å²) >= 11 is 0. The van der Waals surface area contributed by atoms with Crippen molar-refractivity contribution in [2.45, 2.75) is 0 Å². The number of aromatic nitrogens is 3. The second-order valence-electron chi connectivity index (χ2n) is 7.19. The Morgan fingerprint density at radius 1 is 0.935 bits per heavy atom. The lowest BCUT2D eigenvalue weighted by Crippen LogP contribution is -2.37. The molecule has 0 atom stereocenters. The fourth-order valence-electron chi connectivity index (χ4n) is 3.88. The van der Waals surface area contributed by atoms with Crippen molar-refractivity contribution >= 4 is 32.9 Å². The van der Waals surface area contributed by atoms with E-state index in [-0.39, 0.29) is 16.4 Å². The monoisotopic (exact) mass is 410 g/mol. The summed E-state index contributed by atoms with van der Waals surface area (Å²) < 4.78 is 7.79. The molecule has 5 rings (SSSR count). The fourth-order valence-corrected chi connectivity index (χ4v) is 3.88. The zero-order valence-corrected chi connectivity index (χ0v) is 16.5. The minimum atomic E-state index is -0.640. The van der Waals surface area contributed by atoms with E-state index in [2.05, 4.69) is 4.98 Å². The lowest BCUT2D eigenvalue weighted by molar-refractivity contribution is 0.569. The van der Waals surface area contributed by atoms with Crippen molar-refractivity contribution in [2.24, 2.45) is 14.1 Å². The van der Waals surface area contributed by atoms with Gasteiger partial charge < -0.3 is 4.42 Å². The number of benzene rings is 2. The number of rotatable bonds is 1. The van der Waals surface area contributed by atoms with Gasteiger partial charge in [-0.2, -0.15) is 5.26 Å². The van der Waals surface area contributed by atoms with Crippen LogP contribution in [-0.2, 0) is 14.1 Å². The van der Waals surface area contributed by atoms with Crippen molar-refractivity contribution in [1.82, 2.24) is 14.1 Å². The Kier molecular flexibility index (Phi) is 3.88. The second kappa shape index (κ2) is 6.50. The Morgan fingerprint density at radius 3 is 2.35 bits per heavy atom. The molecule has 8 nitrogen and oxygen atoms in total. The maximum Gasteiger partial charge on any atom is 0.346 e. The molecule has 0 unspecified atom stereocenters. The average molecular weight is 410 g/mol. The van der Waals surface area contributed by atoms with Crippen LogP contribution >= 0.6 is 0 Å². The Bertz CT molecular complexity index is 1770. The van der Waals surface area contributed by atoms with Gasteiger partial charge in [0.15, 0.2) is 5.65 Å². The van der Waals surface area contributed by atoms with E-state index in [1.165, 1.54) is 18.7 Å². The molecule has 0 saturated heterocycles. The van der Waals surface area contributed by atoms with Crippen LogP contribution < -0.4 is 16.9 Å². The third-order valence-electron chi connectivity index (χ3n) is 5.44. The topological polar surface area (TPSA) is 111 Å². The van der Waals surface area contributed by atoms with Crippen LogP contribution in [0, 0.1) is 11.3 Å². The summed E-state index contributed by atoms with van der Waals surface area (Å²) in [6.07, 6.45) is 0. The smallest absolute Gasteiger partial charge is 0.346 e. The molecule has 0 N–H and O–H groups in total. The van der Waals surface area contributed by atoms with Gasteiger partial charge in [-0.15, -0.1) is 0 Å². The maximum absolute atomic E-state index is 13.2. The lowest BCUT2D eigenvalue weighted by Gasteiger charge is -2.14. The molecule has 8 heteroatoms. The summed E-state index contributed by atoms with van der Waals surface area (Å²) in [5.41, 5.74) is 0.406. The number of hydrogen-bond acceptors (Lipinski definition) is 6. The molecule has 0 aliphatic carbocycles. The molecule has 0 fully saturated rings. The van der Waals surface area contributed by atoms with E-state index >= 15 is 0 Å². The van der Waals surface area contributed by atoms with Crippen molar-refractivity contribution < 1.29 is 4.42 Å². The van der Waals surface area contributed by atoms with Gasteiger partial charge in [0.05, 0.1) is 27.9 Å². The lowest BCUT2D eigenvalue weighted by atomic mass is 9.97. The molecular weight excluding hydrogens is 396 g/mol. The summed E-state index contributed by atoms with van der Waals surface area (Å²) in [7, 11) is 2.90. The van der Waals surface area contributed by atoms with Crippen molar-refractivity contribution in [1.29, 1.82) is 5.26 Å². The summed E-state index contributed by atoms with van der Waals surface area (Å²) in [5.74, 6) is 0. The minimum absolute atomic E-state index is 0.129. The van der Waals surface area contributed by atoms with Crippen LogP contribution in [0.3, 0.4) is 0 Å². The largest absolute Gasteiger partial charge is 0.422 e. The van der Waals surface area contributed by atoms with Gasteiger partial charge in [-0.05, 0) is 29.8 Å². The SMILES string of the molecule is Cn1c(=O)c2c(-c3ccc(C#N)cc3)c3c(=O)oc4ccccc4c3nc2n(C)c1=O. The molecule has 3 aromatic heterocycles. The molecule has 5 aromatic rings. The van der Waals surface area contributed by atoms with E-state index in [0.717, 1.165) is 4.57 Å². The molecule has 3 heterocycles. The number of aryl methyl sites for hydroxylation is 1. The van der Waals surface area contributed by atoms with Gasteiger partial charge in [-0.3, -0.25) is 13.9 Å².